The Balaban J connectivity index is 1.55. The summed E-state index contributed by atoms with van der Waals surface area (Å²) in [6.07, 6.45) is 1.11. The lowest BCUT2D eigenvalue weighted by atomic mass is 10.1. The fourth-order valence-corrected chi connectivity index (χ4v) is 3.40. The number of β-lactam (4-membered cyclic amide) rings is 1. The zero-order valence-electron chi connectivity index (χ0n) is 15.8. The zero-order valence-corrected chi connectivity index (χ0v) is 16.6. The second kappa shape index (κ2) is 8.45. The number of H-pyrrole nitrogens is 1. The molecule has 2 heterocycles. The first-order valence-electron chi connectivity index (χ1n) is 8.76. The van der Waals surface area contributed by atoms with Crippen molar-refractivity contribution in [3.05, 3.63) is 58.0 Å². The Morgan fingerprint density at radius 3 is 2.48 bits per heavy atom. The molecule has 3 rings (SSSR count). The number of imide groups is 1. The minimum absolute atomic E-state index is 0.00631. The van der Waals surface area contributed by atoms with Gasteiger partial charge in [0.05, 0.1) is 18.8 Å². The van der Waals surface area contributed by atoms with Crippen LogP contribution in [0, 0.1) is 0 Å². The number of anilines is 1. The molecule has 7 N–H and O–H groups in total. The van der Waals surface area contributed by atoms with Crippen molar-refractivity contribution in [2.24, 2.45) is 5.73 Å². The number of aromatic nitrogens is 1. The molecule has 1 aromatic heterocycles. The summed E-state index contributed by atoms with van der Waals surface area (Å²) in [6, 6.07) is 4.47. The van der Waals surface area contributed by atoms with Gasteiger partial charge in [0.25, 0.3) is 5.91 Å². The van der Waals surface area contributed by atoms with Gasteiger partial charge in [-0.15, -0.1) is 0 Å². The standard InChI is InChI=1S/C17H18N6O7S/c18-12-8-23(16(12)27)17(28)22-31(29,30)21-10-3-1-9(2-4-10)15(26)20-6-11-5-13(24)14(25)7-19-11/h1-5,7,12,21,25H,6,8,18H2,(H,19,24)(H,20,26)(H,22,28). The van der Waals surface area contributed by atoms with Gasteiger partial charge in [0, 0.05) is 23.5 Å². The molecule has 0 spiro atoms. The maximum atomic E-state index is 12.2. The third-order valence-corrected chi connectivity index (χ3v) is 5.17. The number of nitrogens with zero attached hydrogens (tertiary/aromatic N) is 1. The van der Waals surface area contributed by atoms with E-state index in [1.807, 2.05) is 0 Å². The van der Waals surface area contributed by atoms with Gasteiger partial charge in [-0.25, -0.2) is 9.52 Å². The second-order valence-corrected chi connectivity index (χ2v) is 7.95. The molecule has 1 aromatic carbocycles. The van der Waals surface area contributed by atoms with Gasteiger partial charge in [-0.3, -0.25) is 24.0 Å². The van der Waals surface area contributed by atoms with Crippen molar-refractivity contribution in [3.63, 3.8) is 0 Å². The van der Waals surface area contributed by atoms with Crippen LogP contribution in [0.4, 0.5) is 10.5 Å². The van der Waals surface area contributed by atoms with Crippen LogP contribution in [0.25, 0.3) is 0 Å². The Hall–Kier alpha value is -3.91. The van der Waals surface area contributed by atoms with E-state index in [0.29, 0.717) is 10.6 Å². The molecule has 1 unspecified atom stereocenters. The normalized spacial score (nSPS) is 15.7. The fourth-order valence-electron chi connectivity index (χ4n) is 2.56. The monoisotopic (exact) mass is 450 g/mol. The van der Waals surface area contributed by atoms with E-state index in [4.69, 9.17) is 5.73 Å². The van der Waals surface area contributed by atoms with Crippen LogP contribution in [0.3, 0.4) is 0 Å². The van der Waals surface area contributed by atoms with Gasteiger partial charge < -0.3 is 21.1 Å². The zero-order chi connectivity index (χ0) is 22.8. The maximum absolute atomic E-state index is 12.2. The molecule has 13 nitrogen and oxygen atoms in total. The van der Waals surface area contributed by atoms with E-state index in [1.54, 1.807) is 4.72 Å². The highest BCUT2D eigenvalue weighted by Crippen LogP contribution is 2.12. The lowest BCUT2D eigenvalue weighted by Gasteiger charge is -2.33. The first-order valence-corrected chi connectivity index (χ1v) is 10.2. The lowest BCUT2D eigenvalue weighted by molar-refractivity contribution is -0.137. The molecule has 0 saturated carbocycles. The molecule has 0 aliphatic carbocycles. The summed E-state index contributed by atoms with van der Waals surface area (Å²) in [5.74, 6) is -1.62. The van der Waals surface area contributed by atoms with Crippen molar-refractivity contribution in [1.82, 2.24) is 19.9 Å². The first-order chi connectivity index (χ1) is 14.6. The number of rotatable bonds is 6. The Bertz CT molecular complexity index is 1190. The molecule has 1 fully saturated rings. The molecule has 1 atom stereocenters. The van der Waals surface area contributed by atoms with Crippen molar-refractivity contribution < 1.29 is 27.9 Å². The van der Waals surface area contributed by atoms with Crippen LogP contribution in [0.1, 0.15) is 16.1 Å². The third-order valence-electron chi connectivity index (χ3n) is 4.22. The van der Waals surface area contributed by atoms with Crippen molar-refractivity contribution in [2.75, 3.05) is 11.3 Å². The van der Waals surface area contributed by atoms with Crippen molar-refractivity contribution in [3.8, 4) is 5.75 Å². The maximum Gasteiger partial charge on any atom is 0.339 e. The molecule has 1 saturated heterocycles. The largest absolute Gasteiger partial charge is 0.503 e. The van der Waals surface area contributed by atoms with Gasteiger partial charge in [-0.05, 0) is 24.3 Å². The van der Waals surface area contributed by atoms with E-state index < -0.39 is 45.3 Å². The number of nitrogens with one attached hydrogen (secondary N) is 4. The van der Waals surface area contributed by atoms with Crippen molar-refractivity contribution >= 4 is 33.7 Å². The third kappa shape index (κ3) is 5.18. The number of urea groups is 1. The number of amides is 4. The molecule has 1 aliphatic heterocycles. The van der Waals surface area contributed by atoms with Gasteiger partial charge in [0.2, 0.25) is 11.3 Å². The highest BCUT2D eigenvalue weighted by Gasteiger charge is 2.39. The first kappa shape index (κ1) is 21.8. The van der Waals surface area contributed by atoms with Crippen LogP contribution in [0.5, 0.6) is 5.75 Å². The summed E-state index contributed by atoms with van der Waals surface area (Å²) in [7, 11) is -4.32. The molecule has 14 heteroatoms. The van der Waals surface area contributed by atoms with E-state index in [9.17, 15) is 32.7 Å². The number of pyridine rings is 1. The minimum Gasteiger partial charge on any atom is -0.503 e. The Morgan fingerprint density at radius 1 is 1.23 bits per heavy atom. The number of aromatic amines is 1. The quantitative estimate of drug-likeness (QED) is 0.286. The van der Waals surface area contributed by atoms with E-state index >= 15 is 0 Å². The molecule has 0 bridgehead atoms. The minimum atomic E-state index is -4.32. The van der Waals surface area contributed by atoms with E-state index in [2.05, 4.69) is 15.0 Å². The predicted octanol–water partition coefficient (Wildman–Crippen LogP) is -1.45. The molecule has 164 valence electrons. The predicted molar refractivity (Wildman–Crippen MR) is 107 cm³/mol. The van der Waals surface area contributed by atoms with Crippen LogP contribution >= 0.6 is 0 Å². The van der Waals surface area contributed by atoms with Gasteiger partial charge in [0.1, 0.15) is 6.04 Å². The summed E-state index contributed by atoms with van der Waals surface area (Å²) in [4.78, 5) is 50.0. The van der Waals surface area contributed by atoms with Crippen LogP contribution in [-0.4, -0.2) is 53.8 Å². The highest BCUT2D eigenvalue weighted by molar-refractivity contribution is 7.91. The molecular weight excluding hydrogens is 432 g/mol. The average Bonchev–Trinajstić information content (AvgIpc) is 2.72. The topological polar surface area (TPSA) is 204 Å². The number of likely N-dealkylation sites (tertiary alicyclic amines) is 1. The molecule has 0 radical (unpaired) electrons. The number of aromatic hydroxyl groups is 1. The fraction of sp³-hybridized carbons (Fsp3) is 0.176. The summed E-state index contributed by atoms with van der Waals surface area (Å²) in [5, 5.41) is 11.7. The number of benzene rings is 1. The van der Waals surface area contributed by atoms with Crippen molar-refractivity contribution in [1.29, 1.82) is 0 Å². The van der Waals surface area contributed by atoms with E-state index in [1.165, 1.54) is 24.3 Å². The van der Waals surface area contributed by atoms with Crippen LogP contribution in [-0.2, 0) is 21.5 Å². The smallest absolute Gasteiger partial charge is 0.339 e. The van der Waals surface area contributed by atoms with Gasteiger partial charge in [-0.2, -0.15) is 8.42 Å². The SMILES string of the molecule is NC1CN(C(=O)NS(=O)(=O)Nc2ccc(C(=O)NCc3cc(=O)c(O)c[nH]3)cc2)C1=O. The average molecular weight is 450 g/mol. The molecular formula is C17H18N6O7S. The van der Waals surface area contributed by atoms with Crippen molar-refractivity contribution in [2.45, 2.75) is 12.6 Å². The number of carbonyl (C=O) groups excluding carboxylic acids is 3. The summed E-state index contributed by atoms with van der Waals surface area (Å²) < 4.78 is 27.8. The van der Waals surface area contributed by atoms with Crippen LogP contribution in [0.2, 0.25) is 0 Å². The Labute approximate surface area is 175 Å². The number of hydrogen-bond acceptors (Lipinski definition) is 8. The number of nitrogens with two attached hydrogens (primary N) is 1. The van der Waals surface area contributed by atoms with Crippen LogP contribution in [0.15, 0.2) is 41.3 Å². The van der Waals surface area contributed by atoms with Gasteiger partial charge >= 0.3 is 16.2 Å². The summed E-state index contributed by atoms with van der Waals surface area (Å²) >= 11 is 0. The molecule has 1 aliphatic rings. The molecule has 31 heavy (non-hydrogen) atoms. The summed E-state index contributed by atoms with van der Waals surface area (Å²) in [5.41, 5.74) is 5.40. The second-order valence-electron chi connectivity index (χ2n) is 6.54. The van der Waals surface area contributed by atoms with E-state index in [-0.39, 0.29) is 24.3 Å². The number of carbonyl (C=O) groups is 3. The van der Waals surface area contributed by atoms with Crippen LogP contribution < -0.4 is 25.9 Å². The Morgan fingerprint density at radius 2 is 1.90 bits per heavy atom. The highest BCUT2D eigenvalue weighted by atomic mass is 32.2. The summed E-state index contributed by atoms with van der Waals surface area (Å²) in [6.45, 7) is -0.0876. The Kier molecular flexibility index (Phi) is 5.94. The van der Waals surface area contributed by atoms with Gasteiger partial charge in [-0.1, -0.05) is 0 Å². The lowest BCUT2D eigenvalue weighted by Crippen LogP contribution is -2.65. The molecule has 4 amide bonds. The van der Waals surface area contributed by atoms with E-state index in [0.717, 1.165) is 12.3 Å². The van der Waals surface area contributed by atoms with Gasteiger partial charge in [0.15, 0.2) is 5.75 Å². The number of hydrogen-bond donors (Lipinski definition) is 6. The molecule has 2 aromatic rings.